The maximum absolute atomic E-state index is 11.5. The van der Waals surface area contributed by atoms with Gasteiger partial charge in [-0.2, -0.15) is 8.15 Å². The van der Waals surface area contributed by atoms with Gasteiger partial charge < -0.3 is 4.52 Å². The van der Waals surface area contributed by atoms with Crippen LogP contribution in [0.4, 0.5) is 0 Å². The van der Waals surface area contributed by atoms with E-state index in [4.69, 9.17) is 28.3 Å². The van der Waals surface area contributed by atoms with E-state index in [0.717, 1.165) is 4.47 Å². The number of phosphoric acid groups is 1. The molecule has 0 radical (unpaired) electrons. The van der Waals surface area contributed by atoms with Crippen molar-refractivity contribution < 1.29 is 17.2 Å². The molecule has 0 fully saturated rings. The minimum atomic E-state index is -4.02. The standard InChI is InChI=1S/C6H2Br3Cl2O4P/c7-3-1-4(8)6(5(9)2-3)13-16(12,14-10)15-11/h1-2H. The van der Waals surface area contributed by atoms with Crippen LogP contribution in [0, 0.1) is 0 Å². The molecule has 4 nitrogen and oxygen atoms in total. The molecule has 0 saturated heterocycles. The molecule has 10 heteroatoms. The predicted octanol–water partition coefficient (Wildman–Crippen LogP) is 5.80. The van der Waals surface area contributed by atoms with Crippen LogP contribution in [0.15, 0.2) is 25.6 Å². The Balaban J connectivity index is 3.11. The van der Waals surface area contributed by atoms with E-state index < -0.39 is 7.82 Å². The maximum atomic E-state index is 11.5. The Morgan fingerprint density at radius 2 is 1.50 bits per heavy atom. The molecule has 0 saturated carbocycles. The van der Waals surface area contributed by atoms with Crippen molar-refractivity contribution in [2.24, 2.45) is 0 Å². The largest absolute Gasteiger partial charge is 0.563 e. The fraction of sp³-hybridized carbons (Fsp3) is 0. The van der Waals surface area contributed by atoms with Crippen molar-refractivity contribution in [3.05, 3.63) is 25.6 Å². The summed E-state index contributed by atoms with van der Waals surface area (Å²) in [6.07, 6.45) is 0. The first kappa shape index (κ1) is 15.2. The molecule has 0 spiro atoms. The van der Waals surface area contributed by atoms with E-state index in [1.54, 1.807) is 12.1 Å². The van der Waals surface area contributed by atoms with E-state index in [0.29, 0.717) is 8.95 Å². The first-order valence-corrected chi connectivity index (χ1v) is 7.92. The van der Waals surface area contributed by atoms with Gasteiger partial charge >= 0.3 is 7.82 Å². The van der Waals surface area contributed by atoms with Crippen molar-refractivity contribution in [1.82, 2.24) is 0 Å². The molecule has 1 rings (SSSR count). The Morgan fingerprint density at radius 1 is 1.06 bits per heavy atom. The monoisotopic (exact) mass is 476 g/mol. The van der Waals surface area contributed by atoms with Gasteiger partial charge in [-0.25, -0.2) is 4.57 Å². The number of hydrogen-bond acceptors (Lipinski definition) is 4. The minimum Gasteiger partial charge on any atom is -0.400 e. The van der Waals surface area contributed by atoms with Crippen LogP contribution in [0.2, 0.25) is 0 Å². The number of benzene rings is 1. The molecule has 1 aromatic carbocycles. The summed E-state index contributed by atoms with van der Waals surface area (Å²) in [5.41, 5.74) is 0. The molecule has 0 atom stereocenters. The van der Waals surface area contributed by atoms with E-state index in [1.807, 2.05) is 0 Å². The lowest BCUT2D eigenvalue weighted by Crippen LogP contribution is -1.94. The van der Waals surface area contributed by atoms with Crippen LogP contribution in [-0.2, 0) is 12.7 Å². The second-order valence-electron chi connectivity index (χ2n) is 2.38. The molecule has 0 aliphatic heterocycles. The van der Waals surface area contributed by atoms with Crippen LogP contribution in [-0.4, -0.2) is 0 Å². The first-order valence-electron chi connectivity index (χ1n) is 3.46. The normalized spacial score (nSPS) is 11.6. The molecule has 0 N–H and O–H groups in total. The van der Waals surface area contributed by atoms with Crippen molar-refractivity contribution in [3.63, 3.8) is 0 Å². The Labute approximate surface area is 127 Å². The van der Waals surface area contributed by atoms with Crippen LogP contribution in [0.5, 0.6) is 5.75 Å². The zero-order valence-electron chi connectivity index (χ0n) is 7.12. The van der Waals surface area contributed by atoms with Gasteiger partial charge in [-0.3, -0.25) is 0 Å². The number of halogens is 5. The molecule has 0 aliphatic rings. The van der Waals surface area contributed by atoms with Gasteiger partial charge in [-0.15, -0.1) is 0 Å². The third-order valence-corrected chi connectivity index (χ3v) is 4.73. The van der Waals surface area contributed by atoms with Crippen LogP contribution in [0.3, 0.4) is 0 Å². The van der Waals surface area contributed by atoms with E-state index in [9.17, 15) is 4.57 Å². The van der Waals surface area contributed by atoms with Crippen LogP contribution >= 0.6 is 79.3 Å². The third-order valence-electron chi connectivity index (χ3n) is 1.34. The SMILES string of the molecule is O=P(OCl)(OCl)Oc1c(Br)cc(Br)cc1Br. The van der Waals surface area contributed by atoms with Crippen LogP contribution < -0.4 is 4.52 Å². The molecule has 90 valence electrons. The topological polar surface area (TPSA) is 44.8 Å². The zero-order valence-corrected chi connectivity index (χ0v) is 14.3. The van der Waals surface area contributed by atoms with Crippen molar-refractivity contribution in [2.45, 2.75) is 0 Å². The van der Waals surface area contributed by atoms with E-state index in [2.05, 4.69) is 55.9 Å². The molecule has 1 aromatic rings. The summed E-state index contributed by atoms with van der Waals surface area (Å²) in [5, 5.41) is 0. The second kappa shape index (κ2) is 6.38. The average Bonchev–Trinajstić information content (AvgIpc) is 2.23. The number of rotatable bonds is 4. The van der Waals surface area contributed by atoms with Gasteiger partial charge in [0.2, 0.25) is 0 Å². The number of hydrogen-bond donors (Lipinski definition) is 0. The highest BCUT2D eigenvalue weighted by molar-refractivity contribution is 9.11. The van der Waals surface area contributed by atoms with E-state index >= 15 is 0 Å². The molecule has 16 heavy (non-hydrogen) atoms. The van der Waals surface area contributed by atoms with E-state index in [1.165, 1.54) is 0 Å². The summed E-state index contributed by atoms with van der Waals surface area (Å²) >= 11 is 19.6. The van der Waals surface area contributed by atoms with Crippen molar-refractivity contribution >= 4 is 79.3 Å². The molecule has 0 amide bonds. The Hall–Kier alpha value is 1.19. The molecule has 0 heterocycles. The van der Waals surface area contributed by atoms with Crippen molar-refractivity contribution in [1.29, 1.82) is 0 Å². The summed E-state index contributed by atoms with van der Waals surface area (Å²) in [6.45, 7) is 0. The fourth-order valence-electron chi connectivity index (χ4n) is 0.767. The summed E-state index contributed by atoms with van der Waals surface area (Å²) in [4.78, 5) is 0. The predicted molar refractivity (Wildman–Crippen MR) is 71.7 cm³/mol. The summed E-state index contributed by atoms with van der Waals surface area (Å²) in [7, 11) is -4.02. The van der Waals surface area contributed by atoms with E-state index in [-0.39, 0.29) is 5.75 Å². The third kappa shape index (κ3) is 3.85. The lowest BCUT2D eigenvalue weighted by molar-refractivity contribution is 0.317. The summed E-state index contributed by atoms with van der Waals surface area (Å²) in [6, 6.07) is 3.35. The fourth-order valence-corrected chi connectivity index (χ4v) is 4.36. The van der Waals surface area contributed by atoms with Crippen molar-refractivity contribution in [2.75, 3.05) is 0 Å². The Morgan fingerprint density at radius 3 is 1.88 bits per heavy atom. The molecule has 0 unspecified atom stereocenters. The van der Waals surface area contributed by atoms with Crippen molar-refractivity contribution in [3.8, 4) is 5.75 Å². The van der Waals surface area contributed by atoms with Gasteiger partial charge in [0.25, 0.3) is 0 Å². The summed E-state index contributed by atoms with van der Waals surface area (Å²) in [5.74, 6) is 0.188. The highest BCUT2D eigenvalue weighted by atomic mass is 79.9. The van der Waals surface area contributed by atoms with Gasteiger partial charge in [-0.05, 0) is 44.0 Å². The molecule has 0 aliphatic carbocycles. The van der Waals surface area contributed by atoms with Gasteiger partial charge in [0.1, 0.15) is 0 Å². The van der Waals surface area contributed by atoms with Gasteiger partial charge in [0.05, 0.1) is 32.7 Å². The first-order chi connectivity index (χ1) is 7.41. The highest BCUT2D eigenvalue weighted by Gasteiger charge is 2.30. The van der Waals surface area contributed by atoms with Crippen LogP contribution in [0.1, 0.15) is 0 Å². The lowest BCUT2D eigenvalue weighted by atomic mass is 10.3. The lowest BCUT2D eigenvalue weighted by Gasteiger charge is -2.13. The van der Waals surface area contributed by atoms with Gasteiger partial charge in [0, 0.05) is 4.47 Å². The maximum Gasteiger partial charge on any atom is 0.563 e. The zero-order chi connectivity index (χ0) is 12.3. The summed E-state index contributed by atoms with van der Waals surface area (Å²) < 4.78 is 26.3. The average molecular weight is 480 g/mol. The van der Waals surface area contributed by atoms with Crippen LogP contribution in [0.25, 0.3) is 0 Å². The second-order valence-corrected chi connectivity index (χ2v) is 7.18. The Bertz CT molecular complexity index is 413. The molecule has 0 aromatic heterocycles. The Kier molecular flexibility index (Phi) is 6.08. The van der Waals surface area contributed by atoms with Gasteiger partial charge in [-0.1, -0.05) is 15.9 Å². The smallest absolute Gasteiger partial charge is 0.400 e. The van der Waals surface area contributed by atoms with Gasteiger partial charge in [0.15, 0.2) is 5.75 Å². The quantitative estimate of drug-likeness (QED) is 0.512. The minimum absolute atomic E-state index is 0.188. The molecular weight excluding hydrogens is 478 g/mol. The highest BCUT2D eigenvalue weighted by Crippen LogP contribution is 2.54. The molecular formula is C6H2Br3Cl2O4P. The molecule has 0 bridgehead atoms.